The summed E-state index contributed by atoms with van der Waals surface area (Å²) in [6.45, 7) is 6.94. The van der Waals surface area contributed by atoms with Gasteiger partial charge in [-0.3, -0.25) is 5.43 Å². The summed E-state index contributed by atoms with van der Waals surface area (Å²) in [5, 5.41) is 3.05. The molecule has 1 aromatic heterocycles. The number of hydrogen-bond donors (Lipinski definition) is 3. The Kier molecular flexibility index (Phi) is 6.09. The van der Waals surface area contributed by atoms with Crippen LogP contribution in [-0.2, 0) is 4.74 Å². The molecule has 0 atom stereocenters. The second kappa shape index (κ2) is 7.62. The fourth-order valence-electron chi connectivity index (χ4n) is 1.42. The van der Waals surface area contributed by atoms with Crippen molar-refractivity contribution in [2.75, 3.05) is 49.0 Å². The first kappa shape index (κ1) is 14.4. The average molecular weight is 255 g/mol. The highest BCUT2D eigenvalue weighted by atomic mass is 16.5. The quantitative estimate of drug-likeness (QED) is 0.340. The van der Waals surface area contributed by atoms with Crippen molar-refractivity contribution in [2.24, 2.45) is 5.84 Å². The first-order valence-corrected chi connectivity index (χ1v) is 5.95. The third kappa shape index (κ3) is 3.97. The maximum Gasteiger partial charge on any atom is 0.243 e. The van der Waals surface area contributed by atoms with E-state index >= 15 is 0 Å². The molecule has 0 saturated heterocycles. The fourth-order valence-corrected chi connectivity index (χ4v) is 1.42. The molecule has 1 rings (SSSR count). The van der Waals surface area contributed by atoms with Crippen LogP contribution in [0.2, 0.25) is 0 Å². The van der Waals surface area contributed by atoms with Crippen molar-refractivity contribution in [2.45, 2.75) is 13.8 Å². The topological polar surface area (TPSA) is 101 Å². The van der Waals surface area contributed by atoms with Gasteiger partial charge in [0, 0.05) is 26.7 Å². The molecule has 0 aliphatic carbocycles. The van der Waals surface area contributed by atoms with E-state index in [1.807, 2.05) is 18.7 Å². The van der Waals surface area contributed by atoms with E-state index in [1.54, 1.807) is 7.11 Å². The van der Waals surface area contributed by atoms with Crippen molar-refractivity contribution in [3.63, 3.8) is 0 Å². The minimum Gasteiger partial charge on any atom is -0.383 e. The molecule has 0 amide bonds. The normalized spacial score (nSPS) is 10.2. The Balaban J connectivity index is 2.86. The van der Waals surface area contributed by atoms with Crippen molar-refractivity contribution < 1.29 is 4.74 Å². The van der Waals surface area contributed by atoms with E-state index < -0.39 is 0 Å². The molecule has 0 aromatic carbocycles. The van der Waals surface area contributed by atoms with Gasteiger partial charge in [0.05, 0.1) is 6.61 Å². The Morgan fingerprint density at radius 1 is 1.17 bits per heavy atom. The van der Waals surface area contributed by atoms with Crippen molar-refractivity contribution in [1.29, 1.82) is 0 Å². The van der Waals surface area contributed by atoms with Gasteiger partial charge in [-0.2, -0.15) is 15.0 Å². The van der Waals surface area contributed by atoms with Crippen molar-refractivity contribution in [1.82, 2.24) is 15.0 Å². The molecule has 1 heterocycles. The number of hydrogen-bond acceptors (Lipinski definition) is 8. The van der Waals surface area contributed by atoms with E-state index in [0.717, 1.165) is 13.1 Å². The van der Waals surface area contributed by atoms with E-state index in [4.69, 9.17) is 10.6 Å². The average Bonchev–Trinajstić information content (AvgIpc) is 2.40. The van der Waals surface area contributed by atoms with E-state index in [1.165, 1.54) is 0 Å². The lowest BCUT2D eigenvalue weighted by molar-refractivity contribution is 0.210. The summed E-state index contributed by atoms with van der Waals surface area (Å²) >= 11 is 0. The standard InChI is InChI=1S/C10H21N7O/c1-4-17(5-2)10-14-8(12-6-7-18-3)13-9(15-10)16-11/h4-7,11H2,1-3H3,(H2,12,13,14,15,16). The number of aromatic nitrogens is 3. The Labute approximate surface area is 107 Å². The summed E-state index contributed by atoms with van der Waals surface area (Å²) in [5.74, 6) is 6.77. The smallest absolute Gasteiger partial charge is 0.243 e. The number of rotatable bonds is 8. The Morgan fingerprint density at radius 2 is 1.83 bits per heavy atom. The molecule has 0 radical (unpaired) electrons. The lowest BCUT2D eigenvalue weighted by Gasteiger charge is -2.19. The largest absolute Gasteiger partial charge is 0.383 e. The molecule has 0 spiro atoms. The lowest BCUT2D eigenvalue weighted by atomic mass is 10.5. The maximum absolute atomic E-state index is 5.35. The Hall–Kier alpha value is -1.67. The van der Waals surface area contributed by atoms with Crippen LogP contribution in [0.5, 0.6) is 0 Å². The summed E-state index contributed by atoms with van der Waals surface area (Å²) in [6, 6.07) is 0. The maximum atomic E-state index is 5.35. The molecule has 0 fully saturated rings. The van der Waals surface area contributed by atoms with Crippen molar-refractivity contribution in [3.05, 3.63) is 0 Å². The number of methoxy groups -OCH3 is 1. The first-order chi connectivity index (χ1) is 8.74. The summed E-state index contributed by atoms with van der Waals surface area (Å²) in [7, 11) is 1.64. The molecule has 8 heteroatoms. The van der Waals surface area contributed by atoms with Gasteiger partial charge in [0.15, 0.2) is 0 Å². The van der Waals surface area contributed by atoms with E-state index in [-0.39, 0.29) is 0 Å². The van der Waals surface area contributed by atoms with Crippen molar-refractivity contribution >= 4 is 17.8 Å². The van der Waals surface area contributed by atoms with Gasteiger partial charge in [0.25, 0.3) is 0 Å². The predicted molar refractivity (Wildman–Crippen MR) is 71.6 cm³/mol. The van der Waals surface area contributed by atoms with Gasteiger partial charge < -0.3 is 15.0 Å². The molecular formula is C10H21N7O. The molecule has 8 nitrogen and oxygen atoms in total. The van der Waals surface area contributed by atoms with Crippen LogP contribution in [0.4, 0.5) is 17.8 Å². The van der Waals surface area contributed by atoms with Gasteiger partial charge in [0.2, 0.25) is 17.8 Å². The molecule has 0 aliphatic heterocycles. The molecule has 102 valence electrons. The van der Waals surface area contributed by atoms with Crippen LogP contribution in [0.15, 0.2) is 0 Å². The predicted octanol–water partition coefficient (Wildman–Crippen LogP) is 0.0617. The molecule has 1 aromatic rings. The zero-order valence-corrected chi connectivity index (χ0v) is 11.1. The highest BCUT2D eigenvalue weighted by Crippen LogP contribution is 2.12. The second-order valence-electron chi connectivity index (χ2n) is 3.52. The van der Waals surface area contributed by atoms with Gasteiger partial charge in [0.1, 0.15) is 0 Å². The highest BCUT2D eigenvalue weighted by molar-refractivity contribution is 5.43. The Bertz CT molecular complexity index is 356. The third-order valence-electron chi connectivity index (χ3n) is 2.39. The number of ether oxygens (including phenoxy) is 1. The van der Waals surface area contributed by atoms with Crippen LogP contribution in [0, 0.1) is 0 Å². The van der Waals surface area contributed by atoms with Crippen LogP contribution >= 0.6 is 0 Å². The minimum absolute atomic E-state index is 0.340. The molecule has 0 aliphatic rings. The molecule has 0 saturated carbocycles. The summed E-state index contributed by atoms with van der Waals surface area (Å²) in [4.78, 5) is 14.7. The molecular weight excluding hydrogens is 234 g/mol. The molecule has 0 unspecified atom stereocenters. The van der Waals surface area contributed by atoms with Crippen LogP contribution in [0.3, 0.4) is 0 Å². The number of nitrogens with one attached hydrogen (secondary N) is 2. The number of nitrogens with zero attached hydrogens (tertiary/aromatic N) is 4. The summed E-state index contributed by atoms with van der Waals surface area (Å²) < 4.78 is 4.96. The zero-order chi connectivity index (χ0) is 13.4. The van der Waals surface area contributed by atoms with Gasteiger partial charge >= 0.3 is 0 Å². The number of nitrogen functional groups attached to an aromatic ring is 1. The van der Waals surface area contributed by atoms with Gasteiger partial charge in [-0.15, -0.1) is 0 Å². The minimum atomic E-state index is 0.340. The molecule has 18 heavy (non-hydrogen) atoms. The van der Waals surface area contributed by atoms with E-state index in [0.29, 0.717) is 31.0 Å². The SMILES string of the molecule is CCN(CC)c1nc(NN)nc(NCCOC)n1. The van der Waals surface area contributed by atoms with Crippen LogP contribution in [-0.4, -0.2) is 48.3 Å². The highest BCUT2D eigenvalue weighted by Gasteiger charge is 2.10. The van der Waals surface area contributed by atoms with Gasteiger partial charge in [-0.25, -0.2) is 5.84 Å². The summed E-state index contributed by atoms with van der Waals surface area (Å²) in [6.07, 6.45) is 0. The van der Waals surface area contributed by atoms with Crippen molar-refractivity contribution in [3.8, 4) is 0 Å². The second-order valence-corrected chi connectivity index (χ2v) is 3.52. The zero-order valence-electron chi connectivity index (χ0n) is 11.1. The number of anilines is 3. The number of nitrogens with two attached hydrogens (primary N) is 1. The lowest BCUT2D eigenvalue weighted by Crippen LogP contribution is -2.26. The first-order valence-electron chi connectivity index (χ1n) is 5.95. The molecule has 4 N–H and O–H groups in total. The summed E-state index contributed by atoms with van der Waals surface area (Å²) in [5.41, 5.74) is 2.44. The van der Waals surface area contributed by atoms with E-state index in [9.17, 15) is 0 Å². The molecule has 0 bridgehead atoms. The van der Waals surface area contributed by atoms with Crippen LogP contribution < -0.4 is 21.5 Å². The third-order valence-corrected chi connectivity index (χ3v) is 2.39. The van der Waals surface area contributed by atoms with Crippen LogP contribution in [0.1, 0.15) is 13.8 Å². The fraction of sp³-hybridized carbons (Fsp3) is 0.700. The number of hydrazine groups is 1. The van der Waals surface area contributed by atoms with Crippen LogP contribution in [0.25, 0.3) is 0 Å². The van der Waals surface area contributed by atoms with Gasteiger partial charge in [-0.1, -0.05) is 0 Å². The van der Waals surface area contributed by atoms with Gasteiger partial charge in [-0.05, 0) is 13.8 Å². The Morgan fingerprint density at radius 3 is 2.39 bits per heavy atom. The monoisotopic (exact) mass is 255 g/mol. The van der Waals surface area contributed by atoms with E-state index in [2.05, 4.69) is 25.7 Å².